The largest absolute Gasteiger partial charge is 0.454 e. The van der Waals surface area contributed by atoms with E-state index in [1.807, 2.05) is 0 Å². The van der Waals surface area contributed by atoms with Crippen LogP contribution in [-0.4, -0.2) is 6.85 Å². The molecule has 0 amide bonds. The number of anilines is 5. The highest BCUT2D eigenvalue weighted by atomic mass is 16.3. The van der Waals surface area contributed by atoms with Crippen molar-refractivity contribution in [2.45, 2.75) is 26.2 Å². The van der Waals surface area contributed by atoms with Crippen LogP contribution in [-0.2, 0) is 5.41 Å². The number of hydrogen-bond donors (Lipinski definition) is 0. The average molecular weight is 843 g/mol. The molecule has 14 rings (SSSR count). The second-order valence-corrected chi connectivity index (χ2v) is 18.9. The molecule has 66 heavy (non-hydrogen) atoms. The minimum atomic E-state index is -0.208. The number of hydrogen-bond acceptors (Lipinski definition) is 3. The third-order valence-corrected chi connectivity index (χ3v) is 14.9. The molecule has 3 aliphatic rings. The molecule has 0 saturated heterocycles. The van der Waals surface area contributed by atoms with E-state index in [9.17, 15) is 0 Å². The van der Waals surface area contributed by atoms with Crippen LogP contribution >= 0.6 is 0 Å². The van der Waals surface area contributed by atoms with E-state index in [1.54, 1.807) is 0 Å². The van der Waals surface area contributed by atoms with Gasteiger partial charge in [0.2, 0.25) is 0 Å². The van der Waals surface area contributed by atoms with Gasteiger partial charge in [0.15, 0.2) is 5.58 Å². The van der Waals surface area contributed by atoms with Crippen LogP contribution in [0.1, 0.15) is 30.5 Å². The van der Waals surface area contributed by atoms with Gasteiger partial charge < -0.3 is 14.1 Å². The first-order valence-corrected chi connectivity index (χ1v) is 23.1. The lowest BCUT2D eigenvalue weighted by Gasteiger charge is -2.46. The maximum Gasteiger partial charge on any atom is 0.333 e. The highest BCUT2D eigenvalue weighted by Gasteiger charge is 2.49. The Kier molecular flexibility index (Phi) is 7.76. The highest BCUT2D eigenvalue weighted by Crippen LogP contribution is 2.55. The first kappa shape index (κ1) is 37.3. The van der Waals surface area contributed by atoms with Gasteiger partial charge in [0.05, 0.1) is 5.69 Å². The van der Waals surface area contributed by atoms with E-state index < -0.39 is 0 Å². The summed E-state index contributed by atoms with van der Waals surface area (Å²) in [4.78, 5) is 5.21. The molecule has 310 valence electrons. The predicted octanol–water partition coefficient (Wildman–Crippen LogP) is 15.4. The van der Waals surface area contributed by atoms with Gasteiger partial charge in [-0.15, -0.1) is 0 Å². The van der Waals surface area contributed by atoms with Crippen molar-refractivity contribution in [1.82, 2.24) is 0 Å². The number of benzene rings is 10. The van der Waals surface area contributed by atoms with Crippen molar-refractivity contribution in [3.63, 3.8) is 0 Å². The van der Waals surface area contributed by atoms with Crippen molar-refractivity contribution in [1.29, 1.82) is 0 Å². The van der Waals surface area contributed by atoms with Gasteiger partial charge in [-0.3, -0.25) is 0 Å². The molecule has 0 N–H and O–H groups in total. The monoisotopic (exact) mass is 842 g/mol. The lowest BCUT2D eigenvalue weighted by Crippen LogP contribution is -2.61. The molecule has 2 aliphatic heterocycles. The third kappa shape index (κ3) is 5.21. The highest BCUT2D eigenvalue weighted by molar-refractivity contribution is 6.94. The molecule has 10 aromatic carbocycles. The number of rotatable bonds is 4. The van der Waals surface area contributed by atoms with Crippen LogP contribution in [0.5, 0.6) is 0 Å². The van der Waals surface area contributed by atoms with Gasteiger partial charge >= 0.3 is 6.85 Å². The minimum absolute atomic E-state index is 0.194. The Morgan fingerprint density at radius 3 is 1.88 bits per heavy atom. The van der Waals surface area contributed by atoms with Crippen LogP contribution in [0.25, 0.3) is 77.2 Å². The molecule has 0 unspecified atom stereocenters. The number of nitrogens with zero attached hydrogens (tertiary/aromatic N) is 2. The molecule has 1 aliphatic carbocycles. The first-order chi connectivity index (χ1) is 32.4. The summed E-state index contributed by atoms with van der Waals surface area (Å²) in [6.07, 6.45) is 0. The van der Waals surface area contributed by atoms with Crippen molar-refractivity contribution >= 4 is 78.9 Å². The van der Waals surface area contributed by atoms with Gasteiger partial charge in [-0.25, -0.2) is 0 Å². The summed E-state index contributed by atoms with van der Waals surface area (Å²) < 4.78 is 7.21. The lowest BCUT2D eigenvalue weighted by atomic mass is 9.43. The molecular weight excluding hydrogens is 800 g/mol. The Hall–Kier alpha value is -8.08. The molecule has 0 fully saturated rings. The summed E-state index contributed by atoms with van der Waals surface area (Å²) in [6, 6.07) is 76.5. The van der Waals surface area contributed by atoms with Gasteiger partial charge in [0.25, 0.3) is 0 Å². The Balaban J connectivity index is 1.13. The van der Waals surface area contributed by atoms with Gasteiger partial charge in [-0.05, 0) is 139 Å². The molecule has 11 aromatic rings. The van der Waals surface area contributed by atoms with Crippen LogP contribution in [0.15, 0.2) is 211 Å². The summed E-state index contributed by atoms with van der Waals surface area (Å²) in [7, 11) is 0. The zero-order chi connectivity index (χ0) is 43.8. The molecule has 0 spiro atoms. The summed E-state index contributed by atoms with van der Waals surface area (Å²) in [5, 5.41) is 4.68. The smallest absolute Gasteiger partial charge is 0.333 e. The zero-order valence-electron chi connectivity index (χ0n) is 37.0. The summed E-state index contributed by atoms with van der Waals surface area (Å²) in [5.41, 5.74) is 23.7. The van der Waals surface area contributed by atoms with Crippen molar-refractivity contribution in [3.05, 3.63) is 223 Å². The van der Waals surface area contributed by atoms with Crippen LogP contribution < -0.4 is 20.6 Å². The number of furan rings is 1. The van der Waals surface area contributed by atoms with Crippen molar-refractivity contribution in [2.24, 2.45) is 0 Å². The zero-order valence-corrected chi connectivity index (χ0v) is 37.0. The van der Waals surface area contributed by atoms with Crippen LogP contribution in [0.4, 0.5) is 28.4 Å². The Bertz CT molecular complexity index is 3810. The topological polar surface area (TPSA) is 19.6 Å². The van der Waals surface area contributed by atoms with Gasteiger partial charge in [-0.2, -0.15) is 0 Å². The fourth-order valence-corrected chi connectivity index (χ4v) is 11.8. The standard InChI is InChI=1S/C62H43BN2O/c1-38-32-44(40-18-8-5-9-19-40)28-31-55(38)64-57-37-53-48(46-22-12-14-24-52(46)62(53,2)3)36-54(57)63-59-50(35-51-47-23-13-15-25-58(47)66-61(51)60(59)64)49-33-42-20-10-11-21-43(42)34-56(49)65(63)45-29-26-41(27-30-45)39-16-6-4-7-17-39/h4-37H,1-3H3. The van der Waals surface area contributed by atoms with E-state index in [-0.39, 0.29) is 12.3 Å². The SMILES string of the molecule is Cc1cc(-c2ccccc2)ccc1N1c2cc3c(cc2B2c4c(cc5c(oc6ccccc65)c41)-c1cc4ccccc4cc1N2c1ccc(-c2ccccc2)cc1)-c1ccccc1C3(C)C. The third-order valence-electron chi connectivity index (χ3n) is 14.9. The lowest BCUT2D eigenvalue weighted by molar-refractivity contribution is 0.660. The fourth-order valence-electron chi connectivity index (χ4n) is 11.8. The van der Waals surface area contributed by atoms with Gasteiger partial charge in [0.1, 0.15) is 5.58 Å². The Morgan fingerprint density at radius 1 is 0.455 bits per heavy atom. The molecule has 3 nitrogen and oxygen atoms in total. The molecule has 0 saturated carbocycles. The van der Waals surface area contributed by atoms with Crippen molar-refractivity contribution in [2.75, 3.05) is 9.71 Å². The normalized spacial score (nSPS) is 14.0. The van der Waals surface area contributed by atoms with Crippen molar-refractivity contribution < 1.29 is 4.42 Å². The van der Waals surface area contributed by atoms with Gasteiger partial charge in [0, 0.05) is 44.5 Å². The molecular formula is C62H43BN2O. The summed E-state index contributed by atoms with van der Waals surface area (Å²) >= 11 is 0. The maximum absolute atomic E-state index is 7.21. The Morgan fingerprint density at radius 2 is 1.11 bits per heavy atom. The summed E-state index contributed by atoms with van der Waals surface area (Å²) in [6.45, 7) is 6.86. The molecule has 3 heterocycles. The number of para-hydroxylation sites is 1. The second kappa shape index (κ2) is 13.7. The van der Waals surface area contributed by atoms with E-state index >= 15 is 0 Å². The number of fused-ring (bicyclic) bond motifs is 12. The molecule has 4 heteroatoms. The number of aryl methyl sites for hydroxylation is 1. The maximum atomic E-state index is 7.21. The predicted molar refractivity (Wildman–Crippen MR) is 278 cm³/mol. The molecule has 1 aromatic heterocycles. The van der Waals surface area contributed by atoms with E-state index in [0.29, 0.717) is 0 Å². The van der Waals surface area contributed by atoms with Gasteiger partial charge in [-0.1, -0.05) is 166 Å². The van der Waals surface area contributed by atoms with E-state index in [4.69, 9.17) is 4.42 Å². The Labute approximate surface area is 384 Å². The molecule has 0 atom stereocenters. The second-order valence-electron chi connectivity index (χ2n) is 18.9. The van der Waals surface area contributed by atoms with Crippen LogP contribution in [0.3, 0.4) is 0 Å². The van der Waals surface area contributed by atoms with E-state index in [2.05, 4.69) is 237 Å². The summed E-state index contributed by atoms with van der Waals surface area (Å²) in [5.74, 6) is 0. The van der Waals surface area contributed by atoms with Crippen LogP contribution in [0.2, 0.25) is 0 Å². The molecule has 0 radical (unpaired) electrons. The minimum Gasteiger partial charge on any atom is -0.454 e. The van der Waals surface area contributed by atoms with Crippen molar-refractivity contribution in [3.8, 4) is 44.5 Å². The van der Waals surface area contributed by atoms with E-state index in [1.165, 1.54) is 94.3 Å². The van der Waals surface area contributed by atoms with E-state index in [0.717, 1.165) is 39.0 Å². The fraction of sp³-hybridized carbons (Fsp3) is 0.0645. The molecule has 0 bridgehead atoms. The quantitative estimate of drug-likeness (QED) is 0.165. The average Bonchev–Trinajstić information content (AvgIpc) is 3.85. The first-order valence-electron chi connectivity index (χ1n) is 23.1. The van der Waals surface area contributed by atoms with Crippen LogP contribution in [0, 0.1) is 6.92 Å².